The SMILES string of the molecule is Fc1ccc2c(c1)cc1n2CCN(CCCC=C2CCCCCN2)C1. The molecular formula is C21H28FN3. The van der Waals surface area contributed by atoms with Crippen LogP contribution in [0.1, 0.15) is 44.2 Å². The lowest BCUT2D eigenvalue weighted by atomic mass is 10.1. The van der Waals surface area contributed by atoms with Crippen molar-refractivity contribution in [3.05, 3.63) is 47.5 Å². The minimum Gasteiger partial charge on any atom is -0.389 e. The number of hydrogen-bond acceptors (Lipinski definition) is 2. The van der Waals surface area contributed by atoms with Crippen molar-refractivity contribution in [1.29, 1.82) is 0 Å². The van der Waals surface area contributed by atoms with Crippen molar-refractivity contribution in [1.82, 2.24) is 14.8 Å². The van der Waals surface area contributed by atoms with E-state index in [1.165, 1.54) is 49.0 Å². The Hall–Kier alpha value is -1.81. The van der Waals surface area contributed by atoms with Crippen LogP contribution >= 0.6 is 0 Å². The monoisotopic (exact) mass is 341 g/mol. The fourth-order valence-electron chi connectivity index (χ4n) is 4.15. The van der Waals surface area contributed by atoms with Gasteiger partial charge < -0.3 is 9.88 Å². The van der Waals surface area contributed by atoms with Gasteiger partial charge in [-0.25, -0.2) is 4.39 Å². The second-order valence-corrected chi connectivity index (χ2v) is 7.38. The van der Waals surface area contributed by atoms with Crippen LogP contribution in [-0.2, 0) is 13.1 Å². The van der Waals surface area contributed by atoms with E-state index >= 15 is 0 Å². The van der Waals surface area contributed by atoms with E-state index < -0.39 is 0 Å². The Morgan fingerprint density at radius 2 is 2.08 bits per heavy atom. The lowest BCUT2D eigenvalue weighted by molar-refractivity contribution is 0.221. The molecule has 25 heavy (non-hydrogen) atoms. The molecule has 134 valence electrons. The van der Waals surface area contributed by atoms with Crippen molar-refractivity contribution in [2.24, 2.45) is 0 Å². The van der Waals surface area contributed by atoms with Crippen LogP contribution in [0.15, 0.2) is 36.0 Å². The third kappa shape index (κ3) is 3.90. The van der Waals surface area contributed by atoms with E-state index in [-0.39, 0.29) is 5.82 Å². The molecule has 1 aromatic carbocycles. The zero-order valence-corrected chi connectivity index (χ0v) is 14.9. The molecule has 2 aliphatic rings. The van der Waals surface area contributed by atoms with Crippen LogP contribution in [0.3, 0.4) is 0 Å². The number of nitrogens with one attached hydrogen (secondary N) is 1. The summed E-state index contributed by atoms with van der Waals surface area (Å²) in [5.74, 6) is -0.146. The first kappa shape index (κ1) is 16.6. The molecule has 0 bridgehead atoms. The predicted octanol–water partition coefficient (Wildman–Crippen LogP) is 4.42. The molecule has 0 unspecified atom stereocenters. The van der Waals surface area contributed by atoms with E-state index in [0.717, 1.165) is 44.5 Å². The number of allylic oxidation sites excluding steroid dienone is 2. The normalized spacial score (nSPS) is 20.4. The quantitative estimate of drug-likeness (QED) is 0.831. The van der Waals surface area contributed by atoms with Crippen molar-refractivity contribution in [2.45, 2.75) is 51.6 Å². The van der Waals surface area contributed by atoms with Gasteiger partial charge in [0.2, 0.25) is 0 Å². The summed E-state index contributed by atoms with van der Waals surface area (Å²) < 4.78 is 15.8. The van der Waals surface area contributed by atoms with Crippen LogP contribution < -0.4 is 5.32 Å². The van der Waals surface area contributed by atoms with Crippen molar-refractivity contribution in [2.75, 3.05) is 19.6 Å². The van der Waals surface area contributed by atoms with Crippen molar-refractivity contribution >= 4 is 10.9 Å². The highest BCUT2D eigenvalue weighted by atomic mass is 19.1. The van der Waals surface area contributed by atoms with Crippen LogP contribution in [0.4, 0.5) is 4.39 Å². The molecule has 3 nitrogen and oxygen atoms in total. The second-order valence-electron chi connectivity index (χ2n) is 7.38. The summed E-state index contributed by atoms with van der Waals surface area (Å²) in [6, 6.07) is 7.28. The lowest BCUT2D eigenvalue weighted by Crippen LogP contribution is -2.33. The zero-order valence-electron chi connectivity index (χ0n) is 14.9. The third-order valence-corrected chi connectivity index (χ3v) is 5.52. The lowest BCUT2D eigenvalue weighted by Gasteiger charge is -2.28. The van der Waals surface area contributed by atoms with Crippen LogP contribution in [0.25, 0.3) is 10.9 Å². The molecule has 0 amide bonds. The molecule has 0 atom stereocenters. The number of halogens is 1. The maximum atomic E-state index is 13.4. The summed E-state index contributed by atoms with van der Waals surface area (Å²) in [5.41, 5.74) is 3.94. The van der Waals surface area contributed by atoms with Gasteiger partial charge in [-0.1, -0.05) is 12.5 Å². The van der Waals surface area contributed by atoms with E-state index in [4.69, 9.17) is 0 Å². The summed E-state index contributed by atoms with van der Waals surface area (Å²) >= 11 is 0. The topological polar surface area (TPSA) is 20.2 Å². The number of benzene rings is 1. The van der Waals surface area contributed by atoms with E-state index in [0.29, 0.717) is 0 Å². The average molecular weight is 341 g/mol. The molecule has 1 fully saturated rings. The van der Waals surface area contributed by atoms with Gasteiger partial charge in [-0.3, -0.25) is 4.90 Å². The van der Waals surface area contributed by atoms with Gasteiger partial charge in [0.1, 0.15) is 5.82 Å². The Labute approximate surface area is 149 Å². The highest BCUT2D eigenvalue weighted by Crippen LogP contribution is 2.25. The van der Waals surface area contributed by atoms with E-state index in [1.807, 2.05) is 6.07 Å². The third-order valence-electron chi connectivity index (χ3n) is 5.52. The summed E-state index contributed by atoms with van der Waals surface area (Å²) in [6.45, 7) is 5.35. The smallest absolute Gasteiger partial charge is 0.123 e. The average Bonchev–Trinajstić information content (AvgIpc) is 2.78. The Bertz CT molecular complexity index is 752. The maximum Gasteiger partial charge on any atom is 0.123 e. The van der Waals surface area contributed by atoms with Gasteiger partial charge in [0, 0.05) is 48.5 Å². The summed E-state index contributed by atoms with van der Waals surface area (Å²) in [4.78, 5) is 2.53. The molecule has 0 radical (unpaired) electrons. The van der Waals surface area contributed by atoms with Gasteiger partial charge in [-0.15, -0.1) is 0 Å². The first-order valence-electron chi connectivity index (χ1n) is 9.72. The molecular weight excluding hydrogens is 313 g/mol. The van der Waals surface area contributed by atoms with Gasteiger partial charge >= 0.3 is 0 Å². The highest BCUT2D eigenvalue weighted by molar-refractivity contribution is 5.81. The molecule has 4 heteroatoms. The molecule has 3 heterocycles. The van der Waals surface area contributed by atoms with Gasteiger partial charge in [0.15, 0.2) is 0 Å². The highest BCUT2D eigenvalue weighted by Gasteiger charge is 2.18. The molecule has 1 saturated heterocycles. The molecule has 0 spiro atoms. The second kappa shape index (κ2) is 7.61. The molecule has 2 aliphatic heterocycles. The first-order valence-corrected chi connectivity index (χ1v) is 9.72. The molecule has 1 aromatic heterocycles. The summed E-state index contributed by atoms with van der Waals surface area (Å²) in [7, 11) is 0. The Morgan fingerprint density at radius 3 is 3.04 bits per heavy atom. The minimum atomic E-state index is -0.146. The van der Waals surface area contributed by atoms with Crippen LogP contribution in [0.5, 0.6) is 0 Å². The maximum absolute atomic E-state index is 13.4. The van der Waals surface area contributed by atoms with Crippen molar-refractivity contribution in [3.63, 3.8) is 0 Å². The van der Waals surface area contributed by atoms with Crippen molar-refractivity contribution in [3.8, 4) is 0 Å². The standard InChI is InChI=1S/C21H28FN3/c22-18-8-9-21-17(14-18)15-20-16-24(12-13-25(20)21)11-5-3-7-19-6-2-1-4-10-23-19/h7-9,14-15,23H,1-6,10-13,16H2. The Kier molecular flexibility index (Phi) is 5.07. The van der Waals surface area contributed by atoms with Gasteiger partial charge in [-0.2, -0.15) is 0 Å². The molecule has 2 aromatic rings. The number of aromatic nitrogens is 1. The van der Waals surface area contributed by atoms with Crippen LogP contribution in [-0.4, -0.2) is 29.1 Å². The molecule has 4 rings (SSSR count). The van der Waals surface area contributed by atoms with Crippen molar-refractivity contribution < 1.29 is 4.39 Å². The fourth-order valence-corrected chi connectivity index (χ4v) is 4.15. The number of fused-ring (bicyclic) bond motifs is 3. The fraction of sp³-hybridized carbons (Fsp3) is 0.524. The Balaban J connectivity index is 1.32. The molecule has 0 aliphatic carbocycles. The first-order chi connectivity index (χ1) is 12.3. The van der Waals surface area contributed by atoms with E-state index in [2.05, 4.69) is 26.9 Å². The summed E-state index contributed by atoms with van der Waals surface area (Å²) in [6.07, 6.45) is 10.00. The van der Waals surface area contributed by atoms with Gasteiger partial charge in [0.05, 0.1) is 0 Å². The number of nitrogens with zero attached hydrogens (tertiary/aromatic N) is 2. The number of hydrogen-bond donors (Lipinski definition) is 1. The van der Waals surface area contributed by atoms with Crippen LogP contribution in [0.2, 0.25) is 0 Å². The zero-order chi connectivity index (χ0) is 17.1. The Morgan fingerprint density at radius 1 is 1.12 bits per heavy atom. The minimum absolute atomic E-state index is 0.146. The molecule has 0 saturated carbocycles. The van der Waals surface area contributed by atoms with E-state index in [1.54, 1.807) is 12.1 Å². The predicted molar refractivity (Wildman–Crippen MR) is 101 cm³/mol. The largest absolute Gasteiger partial charge is 0.389 e. The van der Waals surface area contributed by atoms with Gasteiger partial charge in [0.25, 0.3) is 0 Å². The number of unbranched alkanes of at least 4 members (excludes halogenated alkanes) is 1. The van der Waals surface area contributed by atoms with E-state index in [9.17, 15) is 4.39 Å². The molecule has 1 N–H and O–H groups in total. The van der Waals surface area contributed by atoms with Gasteiger partial charge in [-0.05, 0) is 62.9 Å². The summed E-state index contributed by atoms with van der Waals surface area (Å²) in [5, 5.41) is 4.59. The van der Waals surface area contributed by atoms with Crippen LogP contribution in [0, 0.1) is 5.82 Å². The number of rotatable bonds is 4.